The average molecular weight is 343 g/mol. The van der Waals surface area contributed by atoms with E-state index in [4.69, 9.17) is 4.52 Å². The van der Waals surface area contributed by atoms with Crippen molar-refractivity contribution in [1.29, 1.82) is 0 Å². The monoisotopic (exact) mass is 343 g/mol. The highest BCUT2D eigenvalue weighted by Gasteiger charge is 2.30. The van der Waals surface area contributed by atoms with Crippen molar-refractivity contribution in [3.8, 4) is 0 Å². The van der Waals surface area contributed by atoms with Crippen molar-refractivity contribution in [1.82, 2.24) is 24.5 Å². The smallest absolute Gasteiger partial charge is 0.292 e. The van der Waals surface area contributed by atoms with Gasteiger partial charge in [0.1, 0.15) is 5.82 Å². The third-order valence-corrected chi connectivity index (χ3v) is 5.18. The van der Waals surface area contributed by atoms with Gasteiger partial charge in [-0.3, -0.25) is 4.79 Å². The Hall–Kier alpha value is -2.15. The van der Waals surface area contributed by atoms with Crippen molar-refractivity contribution in [3.05, 3.63) is 35.7 Å². The Morgan fingerprint density at radius 2 is 2.16 bits per heavy atom. The summed E-state index contributed by atoms with van der Waals surface area (Å²) >= 11 is 0. The van der Waals surface area contributed by atoms with Gasteiger partial charge in [-0.15, -0.1) is 0 Å². The maximum absolute atomic E-state index is 12.7. The molecular weight excluding hydrogens is 318 g/mol. The lowest BCUT2D eigenvalue weighted by Crippen LogP contribution is -2.35. The lowest BCUT2D eigenvalue weighted by molar-refractivity contribution is 0.0719. The molecule has 134 valence electrons. The van der Waals surface area contributed by atoms with Crippen LogP contribution >= 0.6 is 0 Å². The summed E-state index contributed by atoms with van der Waals surface area (Å²) in [6.07, 6.45) is 8.06. The zero-order valence-corrected chi connectivity index (χ0v) is 14.7. The van der Waals surface area contributed by atoms with E-state index in [9.17, 15) is 4.79 Å². The van der Waals surface area contributed by atoms with E-state index in [0.717, 1.165) is 69.9 Å². The van der Waals surface area contributed by atoms with Gasteiger partial charge >= 0.3 is 0 Å². The van der Waals surface area contributed by atoms with Gasteiger partial charge in [0.2, 0.25) is 5.76 Å². The van der Waals surface area contributed by atoms with Crippen molar-refractivity contribution in [2.75, 3.05) is 32.7 Å². The molecule has 3 heterocycles. The van der Waals surface area contributed by atoms with Crippen LogP contribution in [0.3, 0.4) is 0 Å². The maximum Gasteiger partial charge on any atom is 0.292 e. The first-order valence-electron chi connectivity index (χ1n) is 9.15. The van der Waals surface area contributed by atoms with Crippen LogP contribution in [0.1, 0.15) is 47.3 Å². The molecule has 0 aromatic carbocycles. The Labute approximate surface area is 147 Å². The minimum atomic E-state index is -0.0228. The van der Waals surface area contributed by atoms with E-state index in [1.54, 1.807) is 0 Å². The summed E-state index contributed by atoms with van der Waals surface area (Å²) < 4.78 is 7.36. The molecular formula is C18H25N5O2. The van der Waals surface area contributed by atoms with Gasteiger partial charge in [-0.25, -0.2) is 4.98 Å². The fourth-order valence-corrected chi connectivity index (χ4v) is 3.41. The van der Waals surface area contributed by atoms with E-state index in [-0.39, 0.29) is 5.91 Å². The van der Waals surface area contributed by atoms with Crippen molar-refractivity contribution in [3.63, 3.8) is 0 Å². The number of nitrogens with zero attached hydrogens (tertiary/aromatic N) is 5. The first-order chi connectivity index (χ1) is 12.2. The van der Waals surface area contributed by atoms with Crippen molar-refractivity contribution >= 4 is 5.91 Å². The van der Waals surface area contributed by atoms with Gasteiger partial charge < -0.3 is 18.9 Å². The zero-order chi connectivity index (χ0) is 17.2. The molecule has 1 saturated carbocycles. The van der Waals surface area contributed by atoms with Crippen LogP contribution in [0.4, 0.5) is 0 Å². The minimum absolute atomic E-state index is 0.0228. The Bertz CT molecular complexity index is 733. The number of amides is 1. The highest BCUT2D eigenvalue weighted by Crippen LogP contribution is 2.39. The molecule has 1 saturated heterocycles. The Morgan fingerprint density at radius 1 is 1.28 bits per heavy atom. The third kappa shape index (κ3) is 3.76. The van der Waals surface area contributed by atoms with Gasteiger partial charge in [-0.2, -0.15) is 0 Å². The van der Waals surface area contributed by atoms with E-state index < -0.39 is 0 Å². The molecule has 0 N–H and O–H groups in total. The lowest BCUT2D eigenvalue weighted by atomic mass is 10.2. The molecule has 7 heteroatoms. The van der Waals surface area contributed by atoms with E-state index in [1.165, 1.54) is 0 Å². The van der Waals surface area contributed by atoms with Crippen LogP contribution < -0.4 is 0 Å². The molecule has 2 fully saturated rings. The quantitative estimate of drug-likeness (QED) is 0.826. The van der Waals surface area contributed by atoms with Crippen LogP contribution in [0.5, 0.6) is 0 Å². The summed E-state index contributed by atoms with van der Waals surface area (Å²) in [5.41, 5.74) is 0.940. The number of hydrogen-bond donors (Lipinski definition) is 0. The number of carbonyl (C=O) groups excluding carboxylic acids is 1. The summed E-state index contributed by atoms with van der Waals surface area (Å²) in [4.78, 5) is 21.4. The topological polar surface area (TPSA) is 67.4 Å². The largest absolute Gasteiger partial charge is 0.351 e. The van der Waals surface area contributed by atoms with E-state index >= 15 is 0 Å². The van der Waals surface area contributed by atoms with Gasteiger partial charge in [-0.05, 0) is 25.8 Å². The molecule has 0 spiro atoms. The molecule has 0 bridgehead atoms. The molecule has 4 rings (SSSR count). The first kappa shape index (κ1) is 16.3. The molecule has 7 nitrogen and oxygen atoms in total. The number of rotatable bonds is 5. The lowest BCUT2D eigenvalue weighted by Gasteiger charge is -2.21. The molecule has 25 heavy (non-hydrogen) atoms. The van der Waals surface area contributed by atoms with Crippen LogP contribution in [-0.4, -0.2) is 63.1 Å². The van der Waals surface area contributed by atoms with Crippen LogP contribution in [0.2, 0.25) is 0 Å². The van der Waals surface area contributed by atoms with Crippen LogP contribution in [0.15, 0.2) is 23.0 Å². The first-order valence-corrected chi connectivity index (χ1v) is 9.15. The molecule has 2 aliphatic rings. The number of carbonyl (C=O) groups is 1. The predicted molar refractivity (Wildman–Crippen MR) is 92.4 cm³/mol. The van der Waals surface area contributed by atoms with Gasteiger partial charge in [0, 0.05) is 64.0 Å². The second kappa shape index (κ2) is 7.00. The minimum Gasteiger partial charge on any atom is -0.351 e. The summed E-state index contributed by atoms with van der Waals surface area (Å²) in [7, 11) is 2.03. The molecule has 1 aliphatic carbocycles. The number of aryl methyl sites for hydroxylation is 1. The number of imidazole rings is 1. The third-order valence-electron chi connectivity index (χ3n) is 5.18. The highest BCUT2D eigenvalue weighted by atomic mass is 16.5. The number of aromatic nitrogens is 3. The summed E-state index contributed by atoms with van der Waals surface area (Å²) in [5.74, 6) is 1.98. The zero-order valence-electron chi connectivity index (χ0n) is 14.7. The maximum atomic E-state index is 12.7. The summed E-state index contributed by atoms with van der Waals surface area (Å²) in [6.45, 7) is 4.38. The molecule has 1 aliphatic heterocycles. The molecule has 2 aromatic rings. The van der Waals surface area contributed by atoms with Gasteiger partial charge in [0.05, 0.1) is 5.69 Å². The molecule has 0 radical (unpaired) electrons. The second-order valence-corrected chi connectivity index (χ2v) is 7.08. The highest BCUT2D eigenvalue weighted by molar-refractivity contribution is 5.91. The normalized spacial score (nSPS) is 19.2. The standard InChI is InChI=1S/C18H25N5O2/c1-21-10-6-19-17(21)5-9-22-7-2-8-23(12-11-22)18(24)16-13-15(20-25-16)14-3-4-14/h6,10,13-14H,2-5,7-9,11-12H2,1H3. The molecule has 2 aromatic heterocycles. The molecule has 1 amide bonds. The van der Waals surface area contributed by atoms with Crippen LogP contribution in [-0.2, 0) is 13.5 Å². The van der Waals surface area contributed by atoms with E-state index in [1.807, 2.05) is 30.4 Å². The molecule has 0 atom stereocenters. The van der Waals surface area contributed by atoms with Crippen molar-refractivity contribution < 1.29 is 9.32 Å². The van der Waals surface area contributed by atoms with Crippen molar-refractivity contribution in [2.45, 2.75) is 31.6 Å². The Balaban J connectivity index is 1.31. The van der Waals surface area contributed by atoms with Gasteiger partial charge in [-0.1, -0.05) is 5.16 Å². The van der Waals surface area contributed by atoms with Gasteiger partial charge in [0.15, 0.2) is 0 Å². The SMILES string of the molecule is Cn1ccnc1CCN1CCCN(C(=O)c2cc(C3CC3)no2)CC1. The van der Waals surface area contributed by atoms with Crippen LogP contribution in [0, 0.1) is 0 Å². The summed E-state index contributed by atoms with van der Waals surface area (Å²) in [5, 5.41) is 4.06. The van der Waals surface area contributed by atoms with E-state index in [0.29, 0.717) is 11.7 Å². The summed E-state index contributed by atoms with van der Waals surface area (Å²) in [6, 6.07) is 1.84. The second-order valence-electron chi connectivity index (χ2n) is 7.08. The fraction of sp³-hybridized carbons (Fsp3) is 0.611. The molecule has 0 unspecified atom stereocenters. The average Bonchev–Trinajstić information content (AvgIpc) is 3.28. The number of hydrogen-bond acceptors (Lipinski definition) is 5. The van der Waals surface area contributed by atoms with Crippen LogP contribution in [0.25, 0.3) is 0 Å². The predicted octanol–water partition coefficient (Wildman–Crippen LogP) is 1.68. The Kier molecular flexibility index (Phi) is 4.57. The fourth-order valence-electron chi connectivity index (χ4n) is 3.41. The van der Waals surface area contributed by atoms with E-state index in [2.05, 4.69) is 19.6 Å². The van der Waals surface area contributed by atoms with Gasteiger partial charge in [0.25, 0.3) is 5.91 Å². The van der Waals surface area contributed by atoms with Crippen molar-refractivity contribution in [2.24, 2.45) is 7.05 Å². The Morgan fingerprint density at radius 3 is 2.92 bits per heavy atom.